The van der Waals surface area contributed by atoms with Gasteiger partial charge in [0, 0.05) is 14.8 Å². The second kappa shape index (κ2) is 3.72. The number of hydrogen-bond acceptors (Lipinski definition) is 2. The maximum atomic E-state index is 6.06. The van der Waals surface area contributed by atoms with Crippen LogP contribution in [0.5, 0.6) is 0 Å². The van der Waals surface area contributed by atoms with E-state index in [2.05, 4.69) is 30.4 Å². The van der Waals surface area contributed by atoms with Gasteiger partial charge in [-0.15, -0.1) is 0 Å². The Kier molecular flexibility index (Phi) is 2.34. The summed E-state index contributed by atoms with van der Waals surface area (Å²) in [6, 6.07) is 12.3. The smallest absolute Gasteiger partial charge is 0.0544 e. The minimum atomic E-state index is 0.781. The Bertz CT molecular complexity index is 566. The molecule has 0 aliphatic carbocycles. The molecule has 16 heavy (non-hydrogen) atoms. The number of benzene rings is 2. The van der Waals surface area contributed by atoms with E-state index in [-0.39, 0.29) is 0 Å². The predicted molar refractivity (Wildman–Crippen MR) is 70.0 cm³/mol. The predicted octanol–water partition coefficient (Wildman–Crippen LogP) is 4.86. The Morgan fingerprint density at radius 1 is 1.12 bits per heavy atom. The molecule has 80 valence electrons. The molecule has 3 heteroatoms. The number of fused-ring (bicyclic) bond motifs is 2. The Labute approximate surface area is 104 Å². The average Bonchev–Trinajstić information content (AvgIpc) is 2.27. The molecule has 0 bridgehead atoms. The van der Waals surface area contributed by atoms with Crippen molar-refractivity contribution in [2.45, 2.75) is 16.7 Å². The average molecular weight is 248 g/mol. The first-order valence-electron chi connectivity index (χ1n) is 5.08. The van der Waals surface area contributed by atoms with Crippen molar-refractivity contribution in [2.24, 2.45) is 0 Å². The maximum absolute atomic E-state index is 6.06. The Morgan fingerprint density at radius 2 is 1.94 bits per heavy atom. The molecule has 1 N–H and O–H groups in total. The summed E-state index contributed by atoms with van der Waals surface area (Å²) < 4.78 is 0. The van der Waals surface area contributed by atoms with Crippen LogP contribution < -0.4 is 5.32 Å². The highest BCUT2D eigenvalue weighted by Crippen LogP contribution is 2.46. The van der Waals surface area contributed by atoms with Crippen LogP contribution in [-0.4, -0.2) is 0 Å². The van der Waals surface area contributed by atoms with Gasteiger partial charge in [0.25, 0.3) is 0 Å². The molecular weight excluding hydrogens is 238 g/mol. The summed E-state index contributed by atoms with van der Waals surface area (Å²) in [5.74, 6) is 0. The second-order valence-corrected chi connectivity index (χ2v) is 5.31. The summed E-state index contributed by atoms with van der Waals surface area (Å²) in [6.45, 7) is 2.09. The number of nitrogens with one attached hydrogen (secondary N) is 1. The first-order valence-corrected chi connectivity index (χ1v) is 6.27. The number of hydrogen-bond donors (Lipinski definition) is 1. The minimum absolute atomic E-state index is 0.781. The molecule has 3 rings (SSSR count). The lowest BCUT2D eigenvalue weighted by Gasteiger charge is -2.22. The van der Waals surface area contributed by atoms with Gasteiger partial charge in [0.15, 0.2) is 0 Å². The van der Waals surface area contributed by atoms with Crippen LogP contribution in [0.2, 0.25) is 5.02 Å². The van der Waals surface area contributed by atoms with Crippen LogP contribution in [0.1, 0.15) is 5.56 Å². The lowest BCUT2D eigenvalue weighted by Crippen LogP contribution is -2.00. The van der Waals surface area contributed by atoms with Crippen molar-refractivity contribution in [3.63, 3.8) is 0 Å². The van der Waals surface area contributed by atoms with Crippen molar-refractivity contribution >= 4 is 34.7 Å². The molecular formula is C13H10ClNS. The first kappa shape index (κ1) is 10.1. The molecule has 0 amide bonds. The van der Waals surface area contributed by atoms with Crippen molar-refractivity contribution in [3.8, 4) is 0 Å². The van der Waals surface area contributed by atoms with E-state index in [1.165, 1.54) is 15.4 Å². The van der Waals surface area contributed by atoms with Gasteiger partial charge in [-0.3, -0.25) is 0 Å². The van der Waals surface area contributed by atoms with E-state index < -0.39 is 0 Å². The highest BCUT2D eigenvalue weighted by Gasteiger charge is 2.17. The van der Waals surface area contributed by atoms with Gasteiger partial charge < -0.3 is 5.32 Å². The molecule has 1 aliphatic rings. The fourth-order valence-electron chi connectivity index (χ4n) is 1.87. The number of halogens is 1. The van der Waals surface area contributed by atoms with Crippen molar-refractivity contribution in [1.82, 2.24) is 0 Å². The SMILES string of the molecule is Cc1cc(Cl)cc2c1Sc1ccccc1N2. The van der Waals surface area contributed by atoms with Gasteiger partial charge in [0.2, 0.25) is 0 Å². The van der Waals surface area contributed by atoms with Crippen LogP contribution in [0.25, 0.3) is 0 Å². The lowest BCUT2D eigenvalue weighted by molar-refractivity contribution is 1.25. The molecule has 2 aromatic carbocycles. The van der Waals surface area contributed by atoms with E-state index in [1.54, 1.807) is 11.8 Å². The molecule has 1 nitrogen and oxygen atoms in total. The number of anilines is 2. The van der Waals surface area contributed by atoms with Crippen molar-refractivity contribution in [3.05, 3.63) is 47.0 Å². The summed E-state index contributed by atoms with van der Waals surface area (Å²) in [6.07, 6.45) is 0. The van der Waals surface area contributed by atoms with E-state index in [1.807, 2.05) is 18.2 Å². The third-order valence-electron chi connectivity index (χ3n) is 2.61. The third kappa shape index (κ3) is 1.58. The van der Waals surface area contributed by atoms with Crippen LogP contribution in [-0.2, 0) is 0 Å². The quantitative estimate of drug-likeness (QED) is 0.609. The lowest BCUT2D eigenvalue weighted by atomic mass is 10.2. The van der Waals surface area contributed by atoms with Crippen LogP contribution in [0, 0.1) is 6.92 Å². The molecule has 0 atom stereocenters. The summed E-state index contributed by atoms with van der Waals surface area (Å²) in [5, 5.41) is 4.20. The zero-order chi connectivity index (χ0) is 11.1. The molecule has 0 aromatic heterocycles. The van der Waals surface area contributed by atoms with E-state index >= 15 is 0 Å². The normalized spacial score (nSPS) is 12.6. The Balaban J connectivity index is 2.15. The zero-order valence-corrected chi connectivity index (χ0v) is 10.3. The number of para-hydroxylation sites is 1. The van der Waals surface area contributed by atoms with E-state index in [9.17, 15) is 0 Å². The van der Waals surface area contributed by atoms with Crippen LogP contribution in [0.15, 0.2) is 46.2 Å². The van der Waals surface area contributed by atoms with Crippen molar-refractivity contribution in [1.29, 1.82) is 0 Å². The maximum Gasteiger partial charge on any atom is 0.0544 e. The molecule has 0 radical (unpaired) electrons. The van der Waals surface area contributed by atoms with Crippen molar-refractivity contribution < 1.29 is 0 Å². The monoisotopic (exact) mass is 247 g/mol. The third-order valence-corrected chi connectivity index (χ3v) is 4.15. The topological polar surface area (TPSA) is 12.0 Å². The van der Waals surface area contributed by atoms with Crippen LogP contribution >= 0.6 is 23.4 Å². The molecule has 0 saturated heterocycles. The van der Waals surface area contributed by atoms with Crippen LogP contribution in [0.3, 0.4) is 0 Å². The zero-order valence-electron chi connectivity index (χ0n) is 8.75. The number of aryl methyl sites for hydroxylation is 1. The van der Waals surface area contributed by atoms with E-state index in [0.717, 1.165) is 16.4 Å². The highest BCUT2D eigenvalue weighted by molar-refractivity contribution is 7.99. The van der Waals surface area contributed by atoms with E-state index in [0.29, 0.717) is 0 Å². The molecule has 0 unspecified atom stereocenters. The highest BCUT2D eigenvalue weighted by atomic mass is 35.5. The number of rotatable bonds is 0. The standard InChI is InChI=1S/C13H10ClNS/c1-8-6-9(14)7-11-13(8)16-12-5-3-2-4-10(12)15-11/h2-7,15H,1H3. The van der Waals surface area contributed by atoms with Gasteiger partial charge in [-0.05, 0) is 36.8 Å². The summed E-state index contributed by atoms with van der Waals surface area (Å²) in [7, 11) is 0. The molecule has 0 saturated carbocycles. The molecule has 1 aliphatic heterocycles. The summed E-state index contributed by atoms with van der Waals surface area (Å²) in [5.41, 5.74) is 3.48. The molecule has 1 heterocycles. The van der Waals surface area contributed by atoms with Gasteiger partial charge in [-0.1, -0.05) is 35.5 Å². The van der Waals surface area contributed by atoms with Gasteiger partial charge >= 0.3 is 0 Å². The summed E-state index contributed by atoms with van der Waals surface area (Å²) in [4.78, 5) is 2.53. The molecule has 2 aromatic rings. The minimum Gasteiger partial charge on any atom is -0.354 e. The van der Waals surface area contributed by atoms with Gasteiger partial charge in [0.05, 0.1) is 11.4 Å². The first-order chi connectivity index (χ1) is 7.74. The Hall–Kier alpha value is -1.12. The van der Waals surface area contributed by atoms with Gasteiger partial charge in [-0.25, -0.2) is 0 Å². The fourth-order valence-corrected chi connectivity index (χ4v) is 3.18. The van der Waals surface area contributed by atoms with Gasteiger partial charge in [0.1, 0.15) is 0 Å². The largest absolute Gasteiger partial charge is 0.354 e. The molecule has 0 spiro atoms. The summed E-state index contributed by atoms with van der Waals surface area (Å²) >= 11 is 7.86. The van der Waals surface area contributed by atoms with Crippen molar-refractivity contribution in [2.75, 3.05) is 5.32 Å². The fraction of sp³-hybridized carbons (Fsp3) is 0.0769. The molecule has 0 fully saturated rings. The Morgan fingerprint density at radius 3 is 2.81 bits per heavy atom. The van der Waals surface area contributed by atoms with Crippen LogP contribution in [0.4, 0.5) is 11.4 Å². The second-order valence-electron chi connectivity index (χ2n) is 3.82. The van der Waals surface area contributed by atoms with Gasteiger partial charge in [-0.2, -0.15) is 0 Å². The van der Waals surface area contributed by atoms with E-state index in [4.69, 9.17) is 11.6 Å².